The number of carbonyl (C=O) groups excluding carboxylic acids is 1. The number of aliphatic carboxylic acids is 1. The first kappa shape index (κ1) is 17.5. The number of nitrogens with one attached hydrogen (secondary N) is 1. The van der Waals surface area contributed by atoms with Crippen LogP contribution in [0, 0.1) is 5.92 Å². The zero-order valence-electron chi connectivity index (χ0n) is 12.5. The number of hydrogen-bond acceptors (Lipinski definition) is 2. The van der Waals surface area contributed by atoms with E-state index in [1.807, 2.05) is 38.1 Å². The van der Waals surface area contributed by atoms with E-state index in [2.05, 4.69) is 21.2 Å². The summed E-state index contributed by atoms with van der Waals surface area (Å²) in [6.45, 7) is 4.26. The highest BCUT2D eigenvalue weighted by Crippen LogP contribution is 2.13. The first-order valence-electron chi connectivity index (χ1n) is 6.78. The average molecular weight is 357 g/mol. The van der Waals surface area contributed by atoms with Gasteiger partial charge in [-0.25, -0.2) is 9.59 Å². The van der Waals surface area contributed by atoms with Crippen molar-refractivity contribution in [2.75, 3.05) is 7.05 Å². The van der Waals surface area contributed by atoms with Crippen molar-refractivity contribution in [3.63, 3.8) is 0 Å². The highest BCUT2D eigenvalue weighted by Gasteiger charge is 2.22. The van der Waals surface area contributed by atoms with Gasteiger partial charge in [-0.1, -0.05) is 41.9 Å². The van der Waals surface area contributed by atoms with Crippen LogP contribution in [0.25, 0.3) is 0 Å². The van der Waals surface area contributed by atoms with Gasteiger partial charge in [0.2, 0.25) is 0 Å². The number of nitrogens with zero attached hydrogens (tertiary/aromatic N) is 1. The zero-order chi connectivity index (χ0) is 16.0. The fraction of sp³-hybridized carbons (Fsp3) is 0.467. The molecule has 1 rings (SSSR count). The molecule has 0 aliphatic rings. The molecule has 5 nitrogen and oxygen atoms in total. The molecule has 0 saturated carbocycles. The molecule has 116 valence electrons. The number of amides is 2. The van der Waals surface area contributed by atoms with Crippen molar-refractivity contribution in [2.24, 2.45) is 5.92 Å². The molecule has 0 aliphatic heterocycles. The highest BCUT2D eigenvalue weighted by molar-refractivity contribution is 9.10. The Morgan fingerprint density at radius 3 is 2.57 bits per heavy atom. The maximum atomic E-state index is 12.1. The third-order valence-electron chi connectivity index (χ3n) is 2.96. The molecule has 1 aromatic carbocycles. The van der Waals surface area contributed by atoms with Gasteiger partial charge in [0.1, 0.15) is 6.04 Å². The highest BCUT2D eigenvalue weighted by atomic mass is 79.9. The number of rotatable bonds is 6. The van der Waals surface area contributed by atoms with Crippen LogP contribution in [0.4, 0.5) is 4.79 Å². The molecule has 0 bridgehead atoms. The van der Waals surface area contributed by atoms with Gasteiger partial charge >= 0.3 is 12.0 Å². The van der Waals surface area contributed by atoms with E-state index in [0.717, 1.165) is 10.0 Å². The van der Waals surface area contributed by atoms with Crippen molar-refractivity contribution in [1.29, 1.82) is 0 Å². The Labute approximate surface area is 133 Å². The molecule has 0 radical (unpaired) electrons. The average Bonchev–Trinajstić information content (AvgIpc) is 2.37. The summed E-state index contributed by atoms with van der Waals surface area (Å²) in [6, 6.07) is 6.39. The van der Waals surface area contributed by atoms with E-state index in [4.69, 9.17) is 5.11 Å². The lowest BCUT2D eigenvalue weighted by Crippen LogP contribution is -2.46. The van der Waals surface area contributed by atoms with E-state index in [9.17, 15) is 9.59 Å². The number of benzene rings is 1. The van der Waals surface area contributed by atoms with Gasteiger partial charge < -0.3 is 15.3 Å². The van der Waals surface area contributed by atoms with Gasteiger partial charge in [0, 0.05) is 18.1 Å². The molecule has 0 saturated heterocycles. The van der Waals surface area contributed by atoms with Gasteiger partial charge in [-0.3, -0.25) is 0 Å². The molecular weight excluding hydrogens is 336 g/mol. The Balaban J connectivity index is 2.62. The van der Waals surface area contributed by atoms with Crippen molar-refractivity contribution in [3.8, 4) is 0 Å². The molecule has 0 heterocycles. The van der Waals surface area contributed by atoms with Crippen LogP contribution in [0.2, 0.25) is 0 Å². The van der Waals surface area contributed by atoms with Crippen LogP contribution in [-0.2, 0) is 11.3 Å². The number of urea groups is 1. The van der Waals surface area contributed by atoms with E-state index < -0.39 is 12.0 Å². The quantitative estimate of drug-likeness (QED) is 0.822. The Morgan fingerprint density at radius 2 is 2.05 bits per heavy atom. The molecule has 0 aliphatic carbocycles. The number of halogens is 1. The summed E-state index contributed by atoms with van der Waals surface area (Å²) in [7, 11) is 1.64. The van der Waals surface area contributed by atoms with E-state index in [1.54, 1.807) is 7.05 Å². The Hall–Kier alpha value is -1.56. The van der Waals surface area contributed by atoms with Crippen LogP contribution in [0.1, 0.15) is 25.8 Å². The summed E-state index contributed by atoms with van der Waals surface area (Å²) in [5, 5.41) is 11.7. The zero-order valence-corrected chi connectivity index (χ0v) is 14.1. The minimum absolute atomic E-state index is 0.196. The molecule has 1 atom stereocenters. The second-order valence-electron chi connectivity index (χ2n) is 5.46. The molecule has 2 N–H and O–H groups in total. The summed E-state index contributed by atoms with van der Waals surface area (Å²) in [5.41, 5.74) is 0.970. The van der Waals surface area contributed by atoms with Crippen molar-refractivity contribution < 1.29 is 14.7 Å². The normalized spacial score (nSPS) is 12.0. The van der Waals surface area contributed by atoms with Crippen LogP contribution in [0.5, 0.6) is 0 Å². The minimum Gasteiger partial charge on any atom is -0.480 e. The van der Waals surface area contributed by atoms with E-state index in [-0.39, 0.29) is 11.9 Å². The maximum Gasteiger partial charge on any atom is 0.326 e. The summed E-state index contributed by atoms with van der Waals surface area (Å²) in [4.78, 5) is 24.7. The monoisotopic (exact) mass is 356 g/mol. The largest absolute Gasteiger partial charge is 0.480 e. The van der Waals surface area contributed by atoms with Crippen molar-refractivity contribution in [3.05, 3.63) is 34.3 Å². The second kappa shape index (κ2) is 8.02. The lowest BCUT2D eigenvalue weighted by atomic mass is 10.0. The third kappa shape index (κ3) is 6.16. The fourth-order valence-electron chi connectivity index (χ4n) is 1.93. The molecule has 0 unspecified atom stereocenters. The molecule has 21 heavy (non-hydrogen) atoms. The van der Waals surface area contributed by atoms with Gasteiger partial charge in [-0.15, -0.1) is 0 Å². The van der Waals surface area contributed by atoms with Crippen LogP contribution in [-0.4, -0.2) is 35.1 Å². The van der Waals surface area contributed by atoms with Crippen LogP contribution >= 0.6 is 15.9 Å². The summed E-state index contributed by atoms with van der Waals surface area (Å²) in [6.07, 6.45) is 0.409. The first-order chi connectivity index (χ1) is 9.79. The fourth-order valence-corrected chi connectivity index (χ4v) is 2.38. The standard InChI is InChI=1S/C15H21BrN2O3/c1-10(2)7-13(14(19)20)17-15(21)18(3)9-11-5-4-6-12(16)8-11/h4-6,8,10,13H,7,9H2,1-3H3,(H,17,21)(H,19,20)/t13-/m0/s1. The predicted octanol–water partition coefficient (Wildman–Crippen LogP) is 3.09. The number of carboxylic acids is 1. The van der Waals surface area contributed by atoms with E-state index >= 15 is 0 Å². The summed E-state index contributed by atoms with van der Waals surface area (Å²) in [5.74, 6) is -0.810. The Kier molecular flexibility index (Phi) is 6.68. The van der Waals surface area contributed by atoms with E-state index in [1.165, 1.54) is 4.90 Å². The smallest absolute Gasteiger partial charge is 0.326 e. The lowest BCUT2D eigenvalue weighted by molar-refractivity contribution is -0.139. The van der Waals surface area contributed by atoms with Crippen molar-refractivity contribution in [2.45, 2.75) is 32.9 Å². The molecule has 0 fully saturated rings. The minimum atomic E-state index is -1.01. The SMILES string of the molecule is CC(C)C[C@H](NC(=O)N(C)Cc1cccc(Br)c1)C(=O)O. The third-order valence-corrected chi connectivity index (χ3v) is 3.45. The van der Waals surface area contributed by atoms with Crippen molar-refractivity contribution >= 4 is 27.9 Å². The summed E-state index contributed by atoms with van der Waals surface area (Å²) >= 11 is 3.38. The van der Waals surface area contributed by atoms with Crippen LogP contribution < -0.4 is 5.32 Å². The Morgan fingerprint density at radius 1 is 1.38 bits per heavy atom. The molecule has 6 heteroatoms. The Bertz CT molecular complexity index is 505. The number of carbonyl (C=O) groups is 2. The topological polar surface area (TPSA) is 69.6 Å². The molecule has 0 spiro atoms. The second-order valence-corrected chi connectivity index (χ2v) is 6.37. The molecule has 1 aromatic rings. The van der Waals surface area contributed by atoms with Gasteiger partial charge in [0.15, 0.2) is 0 Å². The molecule has 2 amide bonds. The molecule has 0 aromatic heterocycles. The molecular formula is C15H21BrN2O3. The lowest BCUT2D eigenvalue weighted by Gasteiger charge is -2.22. The maximum absolute atomic E-state index is 12.1. The number of carboxylic acid groups (broad SMARTS) is 1. The van der Waals surface area contributed by atoms with Gasteiger partial charge in [0.05, 0.1) is 0 Å². The summed E-state index contributed by atoms with van der Waals surface area (Å²) < 4.78 is 0.942. The first-order valence-corrected chi connectivity index (χ1v) is 7.57. The number of hydrogen-bond donors (Lipinski definition) is 2. The van der Waals surface area contributed by atoms with Gasteiger partial charge in [-0.2, -0.15) is 0 Å². The van der Waals surface area contributed by atoms with Crippen LogP contribution in [0.15, 0.2) is 28.7 Å². The van der Waals surface area contributed by atoms with Crippen LogP contribution in [0.3, 0.4) is 0 Å². The predicted molar refractivity (Wildman–Crippen MR) is 85.0 cm³/mol. The van der Waals surface area contributed by atoms with E-state index in [0.29, 0.717) is 13.0 Å². The van der Waals surface area contributed by atoms with Crippen molar-refractivity contribution in [1.82, 2.24) is 10.2 Å². The van der Waals surface area contributed by atoms with Gasteiger partial charge in [-0.05, 0) is 30.0 Å². The van der Waals surface area contributed by atoms with Gasteiger partial charge in [0.25, 0.3) is 0 Å².